The van der Waals surface area contributed by atoms with Gasteiger partial charge in [-0.15, -0.1) is 11.3 Å². The van der Waals surface area contributed by atoms with Crippen molar-refractivity contribution in [3.05, 3.63) is 68.1 Å². The van der Waals surface area contributed by atoms with Crippen molar-refractivity contribution >= 4 is 22.2 Å². The lowest BCUT2D eigenvalue weighted by molar-refractivity contribution is -0.0724. The van der Waals surface area contributed by atoms with Crippen LogP contribution in [-0.4, -0.2) is 80.0 Å². The monoisotopic (exact) mass is 700 g/mol. The maximum atomic E-state index is 9.26. The topological polar surface area (TPSA) is 113 Å². The molecule has 7 heterocycles. The molecule has 0 spiro atoms. The fourth-order valence-corrected chi connectivity index (χ4v) is 8.90. The molecule has 0 radical (unpaired) electrons. The molecule has 0 aromatic carbocycles. The number of thiazole rings is 1. The SMILES string of the molecule is CC(C)(C)c1nc2c(s1)CN(C1COC1)CC2Cn1c(C(C)(C)Cc2cc3cc(CNCCO)cnc3c(C(C)(C)C)n2)nc2c1CNCC2. The van der Waals surface area contributed by atoms with Gasteiger partial charge in [-0.1, -0.05) is 55.4 Å². The van der Waals surface area contributed by atoms with Crippen molar-refractivity contribution in [1.82, 2.24) is 40.0 Å². The van der Waals surface area contributed by atoms with Gasteiger partial charge in [0.1, 0.15) is 5.82 Å². The van der Waals surface area contributed by atoms with Crippen LogP contribution in [0.2, 0.25) is 0 Å². The second kappa shape index (κ2) is 13.6. The summed E-state index contributed by atoms with van der Waals surface area (Å²) >= 11 is 1.91. The number of ether oxygens (including phenoxy) is 1. The molecule has 10 nitrogen and oxygen atoms in total. The van der Waals surface area contributed by atoms with E-state index in [0.717, 1.165) is 92.5 Å². The van der Waals surface area contributed by atoms with Crippen LogP contribution in [-0.2, 0) is 60.0 Å². The fourth-order valence-electron chi connectivity index (χ4n) is 7.67. The molecule has 0 saturated carbocycles. The van der Waals surface area contributed by atoms with Crippen LogP contribution >= 0.6 is 11.3 Å². The summed E-state index contributed by atoms with van der Waals surface area (Å²) in [6.07, 6.45) is 3.64. The van der Waals surface area contributed by atoms with E-state index in [-0.39, 0.29) is 28.8 Å². The van der Waals surface area contributed by atoms with Crippen LogP contribution in [0.5, 0.6) is 0 Å². The zero-order chi connectivity index (χ0) is 35.4. The summed E-state index contributed by atoms with van der Waals surface area (Å²) < 4.78 is 8.22. The molecule has 3 N–H and O–H groups in total. The maximum Gasteiger partial charge on any atom is 0.115 e. The minimum Gasteiger partial charge on any atom is -0.395 e. The third kappa shape index (κ3) is 7.14. The van der Waals surface area contributed by atoms with E-state index in [1.165, 1.54) is 27.0 Å². The van der Waals surface area contributed by atoms with Crippen LogP contribution in [0.3, 0.4) is 0 Å². The van der Waals surface area contributed by atoms with Crippen molar-refractivity contribution in [3.63, 3.8) is 0 Å². The van der Waals surface area contributed by atoms with Crippen molar-refractivity contribution in [3.8, 4) is 0 Å². The van der Waals surface area contributed by atoms with Gasteiger partial charge in [-0.3, -0.25) is 14.9 Å². The van der Waals surface area contributed by atoms with Gasteiger partial charge in [0.2, 0.25) is 0 Å². The number of fused-ring (bicyclic) bond motifs is 3. The lowest BCUT2D eigenvalue weighted by Gasteiger charge is -2.41. The first kappa shape index (κ1) is 35.6. The minimum atomic E-state index is -0.279. The summed E-state index contributed by atoms with van der Waals surface area (Å²) in [6.45, 7) is 25.8. The van der Waals surface area contributed by atoms with E-state index >= 15 is 0 Å². The second-order valence-electron chi connectivity index (χ2n) is 17.3. The molecular weight excluding hydrogens is 645 g/mol. The quantitative estimate of drug-likeness (QED) is 0.194. The average Bonchev–Trinajstić information content (AvgIpc) is 3.62. The number of rotatable bonds is 10. The number of aromatic nitrogens is 5. The van der Waals surface area contributed by atoms with Gasteiger partial charge in [0.15, 0.2) is 0 Å². The highest BCUT2D eigenvalue weighted by atomic mass is 32.1. The highest BCUT2D eigenvalue weighted by Gasteiger charge is 2.39. The van der Waals surface area contributed by atoms with Gasteiger partial charge in [-0.25, -0.2) is 9.97 Å². The Morgan fingerprint density at radius 1 is 1.04 bits per heavy atom. The molecule has 7 rings (SSSR count). The first-order valence-corrected chi connectivity index (χ1v) is 19.2. The number of nitrogens with one attached hydrogen (secondary N) is 2. The van der Waals surface area contributed by atoms with Crippen molar-refractivity contribution in [2.75, 3.05) is 39.5 Å². The summed E-state index contributed by atoms with van der Waals surface area (Å²) in [5, 5.41) is 18.5. The van der Waals surface area contributed by atoms with Crippen LogP contribution in [0.15, 0.2) is 18.3 Å². The van der Waals surface area contributed by atoms with Crippen molar-refractivity contribution in [2.24, 2.45) is 0 Å². The van der Waals surface area contributed by atoms with Crippen LogP contribution in [0.4, 0.5) is 0 Å². The summed E-state index contributed by atoms with van der Waals surface area (Å²) in [6, 6.07) is 4.94. The highest BCUT2D eigenvalue weighted by Crippen LogP contribution is 2.40. The Labute approximate surface area is 301 Å². The van der Waals surface area contributed by atoms with Crippen LogP contribution < -0.4 is 10.6 Å². The molecule has 50 heavy (non-hydrogen) atoms. The van der Waals surface area contributed by atoms with Crippen LogP contribution in [0.1, 0.15) is 111 Å². The fraction of sp³-hybridized carbons (Fsp3) is 0.641. The molecule has 3 aliphatic rings. The third-order valence-corrected chi connectivity index (χ3v) is 11.9. The third-order valence-electron chi connectivity index (χ3n) is 10.4. The van der Waals surface area contributed by atoms with Gasteiger partial charge in [0.05, 0.1) is 59.2 Å². The molecular formula is C39H56N8O2S. The number of aliphatic hydroxyl groups is 1. The van der Waals surface area contributed by atoms with Gasteiger partial charge >= 0.3 is 0 Å². The Kier molecular flexibility index (Phi) is 9.71. The van der Waals surface area contributed by atoms with Crippen molar-refractivity contribution < 1.29 is 9.84 Å². The number of imidazole rings is 1. The lowest BCUT2D eigenvalue weighted by Crippen LogP contribution is -2.51. The maximum absolute atomic E-state index is 9.26. The molecule has 0 aliphatic carbocycles. The van der Waals surface area contributed by atoms with Crippen LogP contribution in [0, 0.1) is 0 Å². The molecule has 1 fully saturated rings. The van der Waals surface area contributed by atoms with Gasteiger partial charge in [-0.2, -0.15) is 0 Å². The summed E-state index contributed by atoms with van der Waals surface area (Å²) in [4.78, 5) is 25.1. The van der Waals surface area contributed by atoms with Crippen LogP contribution in [0.25, 0.3) is 10.9 Å². The Hall–Kier alpha value is -2.80. The van der Waals surface area contributed by atoms with E-state index < -0.39 is 0 Å². The largest absolute Gasteiger partial charge is 0.395 e. The van der Waals surface area contributed by atoms with E-state index in [1.54, 1.807) is 0 Å². The molecule has 11 heteroatoms. The van der Waals surface area contributed by atoms with E-state index in [4.69, 9.17) is 24.7 Å². The molecule has 0 bridgehead atoms. The predicted octanol–water partition coefficient (Wildman–Crippen LogP) is 5.12. The van der Waals surface area contributed by atoms with Gasteiger partial charge < -0.3 is 25.0 Å². The summed E-state index contributed by atoms with van der Waals surface area (Å²) in [7, 11) is 0. The predicted molar refractivity (Wildman–Crippen MR) is 200 cm³/mol. The van der Waals surface area contributed by atoms with E-state index in [2.05, 4.69) is 87.6 Å². The zero-order valence-electron chi connectivity index (χ0n) is 31.3. The molecule has 0 amide bonds. The van der Waals surface area contributed by atoms with Gasteiger partial charge in [-0.05, 0) is 17.7 Å². The first-order valence-electron chi connectivity index (χ1n) is 18.4. The molecule has 4 aromatic rings. The van der Waals surface area contributed by atoms with Gasteiger partial charge in [0, 0.05) is 103 Å². The number of aliphatic hydroxyl groups excluding tert-OH is 1. The van der Waals surface area contributed by atoms with Gasteiger partial charge in [0.25, 0.3) is 0 Å². The zero-order valence-corrected chi connectivity index (χ0v) is 32.1. The molecule has 1 unspecified atom stereocenters. The van der Waals surface area contributed by atoms with E-state index in [9.17, 15) is 5.11 Å². The number of nitrogens with zero attached hydrogens (tertiary/aromatic N) is 6. The Bertz CT molecular complexity index is 1850. The molecule has 3 aliphatic heterocycles. The standard InChI is InChI=1S/C39H56N8O2S/c1-37(2,3)34-33-25(13-24(17-42-33)16-41-11-12-48)14-27(43-34)15-39(7,8)35-44-29-9-10-40-18-30(29)47(35)20-26-19-46(28-22-49-23-28)21-31-32(26)45-36(50-31)38(4,5)6/h13-14,17,26,28,40-41,48H,9-12,15-16,18-23H2,1-8H3. The lowest BCUT2D eigenvalue weighted by atomic mass is 9.84. The highest BCUT2D eigenvalue weighted by molar-refractivity contribution is 7.11. The van der Waals surface area contributed by atoms with Crippen molar-refractivity contribution in [2.45, 2.75) is 123 Å². The number of pyridine rings is 2. The Morgan fingerprint density at radius 2 is 1.84 bits per heavy atom. The first-order chi connectivity index (χ1) is 23.7. The summed E-state index contributed by atoms with van der Waals surface area (Å²) in [5.74, 6) is 1.42. The number of hydrogen-bond acceptors (Lipinski definition) is 10. The molecule has 1 saturated heterocycles. The second-order valence-corrected chi connectivity index (χ2v) is 18.4. The van der Waals surface area contributed by atoms with E-state index in [1.807, 2.05) is 17.5 Å². The molecule has 1 atom stereocenters. The molecule has 270 valence electrons. The average molecular weight is 701 g/mol. The smallest absolute Gasteiger partial charge is 0.115 e. The number of hydrogen-bond donors (Lipinski definition) is 3. The normalized spacial score (nSPS) is 19.1. The molecule has 4 aromatic heterocycles. The Balaban J connectivity index is 1.26. The Morgan fingerprint density at radius 3 is 2.54 bits per heavy atom. The van der Waals surface area contributed by atoms with Crippen molar-refractivity contribution in [1.29, 1.82) is 0 Å². The summed E-state index contributed by atoms with van der Waals surface area (Å²) in [5.41, 5.74) is 7.56. The van der Waals surface area contributed by atoms with E-state index in [0.29, 0.717) is 19.1 Å². The minimum absolute atomic E-state index is 0.0210.